The fourth-order valence-electron chi connectivity index (χ4n) is 4.36. The van der Waals surface area contributed by atoms with Gasteiger partial charge in [0.2, 0.25) is 0 Å². The summed E-state index contributed by atoms with van der Waals surface area (Å²) in [7, 11) is 6.69. The zero-order chi connectivity index (χ0) is 16.7. The molecule has 2 nitrogen and oxygen atoms in total. The molecule has 23 heavy (non-hydrogen) atoms. The Morgan fingerprint density at radius 1 is 1.00 bits per heavy atom. The minimum atomic E-state index is -0.805. The average Bonchev–Trinajstić information content (AvgIpc) is 2.50. The number of aryl methyl sites for hydroxylation is 1. The number of rotatable bonds is 3. The third-order valence-corrected chi connectivity index (χ3v) is 5.37. The van der Waals surface area contributed by atoms with E-state index in [4.69, 9.17) is 0 Å². The minimum absolute atomic E-state index is 0.194. The fourth-order valence-corrected chi connectivity index (χ4v) is 4.36. The highest BCUT2D eigenvalue weighted by Crippen LogP contribution is 2.48. The summed E-state index contributed by atoms with van der Waals surface area (Å²) < 4.78 is 0.812. The molecule has 2 aromatic carbocycles. The molecule has 0 fully saturated rings. The zero-order valence-corrected chi connectivity index (χ0v) is 14.7. The van der Waals surface area contributed by atoms with Crippen molar-refractivity contribution in [3.8, 4) is 0 Å². The molecule has 0 unspecified atom stereocenters. The van der Waals surface area contributed by atoms with Crippen LogP contribution in [0, 0.1) is 5.92 Å². The molecular formula is C21H28NO+. The second kappa shape index (κ2) is 5.77. The molecule has 2 heteroatoms. The number of fused-ring (bicyclic) bond motifs is 1. The summed E-state index contributed by atoms with van der Waals surface area (Å²) in [5.41, 5.74) is 2.90. The molecule has 0 radical (unpaired) electrons. The number of hydrogen-bond acceptors (Lipinski definition) is 1. The van der Waals surface area contributed by atoms with Gasteiger partial charge in [-0.05, 0) is 30.9 Å². The van der Waals surface area contributed by atoms with Gasteiger partial charge in [0.15, 0.2) is 0 Å². The Labute approximate surface area is 140 Å². The van der Waals surface area contributed by atoms with E-state index in [2.05, 4.69) is 69.7 Å². The molecule has 3 rings (SSSR count). The topological polar surface area (TPSA) is 20.2 Å². The normalized spacial score (nSPS) is 25.7. The number of benzene rings is 2. The van der Waals surface area contributed by atoms with Crippen molar-refractivity contribution in [3.63, 3.8) is 0 Å². The first-order valence-corrected chi connectivity index (χ1v) is 8.48. The van der Waals surface area contributed by atoms with Crippen LogP contribution in [0.3, 0.4) is 0 Å². The van der Waals surface area contributed by atoms with Crippen LogP contribution in [0.15, 0.2) is 54.6 Å². The van der Waals surface area contributed by atoms with E-state index in [1.807, 2.05) is 13.0 Å². The van der Waals surface area contributed by atoms with Crippen LogP contribution in [0.1, 0.15) is 36.1 Å². The smallest absolute Gasteiger partial charge is 0.120 e. The van der Waals surface area contributed by atoms with Crippen LogP contribution >= 0.6 is 0 Å². The predicted molar refractivity (Wildman–Crippen MR) is 95.0 cm³/mol. The molecular weight excluding hydrogens is 282 g/mol. The molecule has 1 aliphatic carbocycles. The van der Waals surface area contributed by atoms with Crippen LogP contribution in [-0.2, 0) is 12.0 Å². The van der Waals surface area contributed by atoms with Gasteiger partial charge in [0.05, 0.1) is 26.7 Å². The third kappa shape index (κ3) is 2.93. The van der Waals surface area contributed by atoms with E-state index in [0.717, 1.165) is 22.9 Å². The molecule has 0 amide bonds. The Morgan fingerprint density at radius 3 is 2.26 bits per heavy atom. The summed E-state index contributed by atoms with van der Waals surface area (Å²) in [5.74, 6) is 0.194. The van der Waals surface area contributed by atoms with Crippen molar-refractivity contribution in [2.45, 2.75) is 31.4 Å². The summed E-state index contributed by atoms with van der Waals surface area (Å²) in [4.78, 5) is 0. The van der Waals surface area contributed by atoms with Gasteiger partial charge in [0.1, 0.15) is 6.04 Å². The largest absolute Gasteiger partial charge is 0.385 e. The molecule has 0 spiro atoms. The lowest BCUT2D eigenvalue weighted by molar-refractivity contribution is -0.908. The molecule has 0 bridgehead atoms. The van der Waals surface area contributed by atoms with Gasteiger partial charge >= 0.3 is 0 Å². The summed E-state index contributed by atoms with van der Waals surface area (Å²) in [5, 5.41) is 11.5. The minimum Gasteiger partial charge on any atom is -0.385 e. The summed E-state index contributed by atoms with van der Waals surface area (Å²) in [6, 6.07) is 19.3. The zero-order valence-electron chi connectivity index (χ0n) is 14.7. The van der Waals surface area contributed by atoms with E-state index in [0.29, 0.717) is 0 Å². The molecule has 2 aromatic rings. The molecule has 0 saturated carbocycles. The van der Waals surface area contributed by atoms with Gasteiger partial charge in [-0.15, -0.1) is 0 Å². The number of nitrogens with zero attached hydrogens (tertiary/aromatic N) is 1. The first kappa shape index (κ1) is 16.2. The summed E-state index contributed by atoms with van der Waals surface area (Å²) >= 11 is 0. The second-order valence-corrected chi connectivity index (χ2v) is 7.92. The standard InChI is InChI=1S/C21H28NO/c1-21(23)18-13-9-8-10-16(18)14-15-19(21)20(22(2,3)4)17-11-6-5-7-12-17/h5-13,19-20,23H,14-15H2,1-4H3/q+1/t19-,20-,21+/m1/s1. The molecule has 1 aliphatic rings. The first-order chi connectivity index (χ1) is 10.8. The Hall–Kier alpha value is -1.64. The van der Waals surface area contributed by atoms with Crippen molar-refractivity contribution >= 4 is 0 Å². The number of hydrogen-bond donors (Lipinski definition) is 1. The van der Waals surface area contributed by atoms with Crippen molar-refractivity contribution in [1.82, 2.24) is 0 Å². The van der Waals surface area contributed by atoms with Crippen LogP contribution in [0.25, 0.3) is 0 Å². The Bertz CT molecular complexity index is 670. The van der Waals surface area contributed by atoms with Gasteiger partial charge in [-0.25, -0.2) is 0 Å². The van der Waals surface area contributed by atoms with Crippen molar-refractivity contribution in [1.29, 1.82) is 0 Å². The molecule has 0 aliphatic heterocycles. The van der Waals surface area contributed by atoms with Gasteiger partial charge in [0, 0.05) is 11.5 Å². The van der Waals surface area contributed by atoms with E-state index in [1.54, 1.807) is 0 Å². The number of quaternary nitrogens is 1. The monoisotopic (exact) mass is 310 g/mol. The van der Waals surface area contributed by atoms with Crippen molar-refractivity contribution in [2.24, 2.45) is 5.92 Å². The molecule has 0 saturated heterocycles. The third-order valence-electron chi connectivity index (χ3n) is 5.37. The molecule has 3 atom stereocenters. The summed E-state index contributed by atoms with van der Waals surface area (Å²) in [6.07, 6.45) is 2.05. The lowest BCUT2D eigenvalue weighted by atomic mass is 9.67. The van der Waals surface area contributed by atoms with E-state index >= 15 is 0 Å². The van der Waals surface area contributed by atoms with E-state index in [1.165, 1.54) is 11.1 Å². The predicted octanol–water partition coefficient (Wildman–Crippen LogP) is 3.90. The van der Waals surface area contributed by atoms with E-state index in [-0.39, 0.29) is 12.0 Å². The van der Waals surface area contributed by atoms with Crippen LogP contribution in [0.5, 0.6) is 0 Å². The maximum atomic E-state index is 11.5. The fraction of sp³-hybridized carbons (Fsp3) is 0.429. The quantitative estimate of drug-likeness (QED) is 0.852. The van der Waals surface area contributed by atoms with Gasteiger partial charge < -0.3 is 9.59 Å². The van der Waals surface area contributed by atoms with Gasteiger partial charge in [0.25, 0.3) is 0 Å². The highest BCUT2D eigenvalue weighted by molar-refractivity contribution is 5.36. The van der Waals surface area contributed by atoms with Crippen LogP contribution in [-0.4, -0.2) is 30.7 Å². The summed E-state index contributed by atoms with van der Waals surface area (Å²) in [6.45, 7) is 2.00. The van der Waals surface area contributed by atoms with Crippen molar-refractivity contribution < 1.29 is 9.59 Å². The molecule has 1 N–H and O–H groups in total. The van der Waals surface area contributed by atoms with Gasteiger partial charge in [-0.3, -0.25) is 0 Å². The lowest BCUT2D eigenvalue weighted by Gasteiger charge is -2.47. The van der Waals surface area contributed by atoms with Gasteiger partial charge in [-0.1, -0.05) is 54.6 Å². The van der Waals surface area contributed by atoms with Crippen molar-refractivity contribution in [2.75, 3.05) is 21.1 Å². The first-order valence-electron chi connectivity index (χ1n) is 8.48. The average molecular weight is 310 g/mol. The van der Waals surface area contributed by atoms with Crippen LogP contribution in [0.4, 0.5) is 0 Å². The molecule has 122 valence electrons. The number of aliphatic hydroxyl groups is 1. The maximum absolute atomic E-state index is 11.5. The SMILES string of the molecule is C[C@]1(O)c2ccccc2CC[C@@H]1[C@@H](c1ccccc1)[N+](C)(C)C. The lowest BCUT2D eigenvalue weighted by Crippen LogP contribution is -2.50. The maximum Gasteiger partial charge on any atom is 0.120 e. The van der Waals surface area contributed by atoms with Crippen LogP contribution < -0.4 is 0 Å². The Morgan fingerprint density at radius 2 is 1.61 bits per heavy atom. The van der Waals surface area contributed by atoms with E-state index in [9.17, 15) is 5.11 Å². The van der Waals surface area contributed by atoms with Crippen molar-refractivity contribution in [3.05, 3.63) is 71.3 Å². The van der Waals surface area contributed by atoms with Crippen LogP contribution in [0.2, 0.25) is 0 Å². The van der Waals surface area contributed by atoms with E-state index < -0.39 is 5.60 Å². The Balaban J connectivity index is 2.08. The highest BCUT2D eigenvalue weighted by atomic mass is 16.3. The Kier molecular flexibility index (Phi) is 4.07. The molecule has 0 aromatic heterocycles. The van der Waals surface area contributed by atoms with Gasteiger partial charge in [-0.2, -0.15) is 0 Å². The molecule has 0 heterocycles. The second-order valence-electron chi connectivity index (χ2n) is 7.92. The highest BCUT2D eigenvalue weighted by Gasteiger charge is 2.48.